The van der Waals surface area contributed by atoms with E-state index in [4.69, 9.17) is 14.3 Å². The first kappa shape index (κ1) is 16.7. The quantitative estimate of drug-likeness (QED) is 0.786. The lowest BCUT2D eigenvalue weighted by Gasteiger charge is -2.25. The van der Waals surface area contributed by atoms with Crippen LogP contribution >= 0.6 is 0 Å². The lowest BCUT2D eigenvalue weighted by Crippen LogP contribution is -2.26. The van der Waals surface area contributed by atoms with E-state index < -0.39 is 0 Å². The van der Waals surface area contributed by atoms with Gasteiger partial charge in [0.15, 0.2) is 5.75 Å². The van der Waals surface area contributed by atoms with E-state index >= 15 is 0 Å². The Labute approximate surface area is 143 Å². The number of aryl methyl sites for hydroxylation is 1. The fourth-order valence-electron chi connectivity index (χ4n) is 2.83. The SMILES string of the molecule is Cc1ncccc1-c1ccc(ON(C)C)cc1OC1CCOCC1. The largest absolute Gasteiger partial charge is 0.489 e. The third kappa shape index (κ3) is 4.04. The number of rotatable bonds is 5. The Morgan fingerprint density at radius 2 is 1.92 bits per heavy atom. The summed E-state index contributed by atoms with van der Waals surface area (Å²) in [5, 5.41) is 1.67. The minimum Gasteiger partial charge on any atom is -0.489 e. The lowest BCUT2D eigenvalue weighted by molar-refractivity contribution is -0.00409. The van der Waals surface area contributed by atoms with Gasteiger partial charge >= 0.3 is 0 Å². The second-order valence-electron chi connectivity index (χ2n) is 6.13. The highest BCUT2D eigenvalue weighted by Gasteiger charge is 2.19. The Hall–Kier alpha value is -2.11. The third-order valence-corrected chi connectivity index (χ3v) is 4.00. The molecular formula is C19H24N2O3. The van der Waals surface area contributed by atoms with Crippen molar-refractivity contribution in [2.75, 3.05) is 27.3 Å². The maximum Gasteiger partial charge on any atom is 0.151 e. The highest BCUT2D eigenvalue weighted by Crippen LogP contribution is 2.36. The molecule has 0 spiro atoms. The minimum absolute atomic E-state index is 0.170. The van der Waals surface area contributed by atoms with Gasteiger partial charge in [-0.25, -0.2) is 0 Å². The predicted octanol–water partition coefficient (Wildman–Crippen LogP) is 3.47. The summed E-state index contributed by atoms with van der Waals surface area (Å²) in [5.41, 5.74) is 3.10. The fraction of sp³-hybridized carbons (Fsp3) is 0.421. The minimum atomic E-state index is 0.170. The molecule has 5 heteroatoms. The van der Waals surface area contributed by atoms with Crippen LogP contribution < -0.4 is 9.57 Å². The summed E-state index contributed by atoms with van der Waals surface area (Å²) in [6.45, 7) is 3.51. The maximum atomic E-state index is 6.31. The summed E-state index contributed by atoms with van der Waals surface area (Å²) < 4.78 is 11.7. The summed E-state index contributed by atoms with van der Waals surface area (Å²) in [5.74, 6) is 1.59. The first-order valence-electron chi connectivity index (χ1n) is 8.29. The molecule has 1 fully saturated rings. The van der Waals surface area contributed by atoms with Crippen molar-refractivity contribution in [1.29, 1.82) is 0 Å². The van der Waals surface area contributed by atoms with E-state index in [1.165, 1.54) is 0 Å². The molecule has 2 aromatic rings. The van der Waals surface area contributed by atoms with E-state index in [2.05, 4.69) is 11.1 Å². The summed E-state index contributed by atoms with van der Waals surface area (Å²) >= 11 is 0. The van der Waals surface area contributed by atoms with Gasteiger partial charge in [-0.05, 0) is 25.1 Å². The van der Waals surface area contributed by atoms with Gasteiger partial charge in [-0.3, -0.25) is 4.98 Å². The van der Waals surface area contributed by atoms with Gasteiger partial charge < -0.3 is 14.3 Å². The maximum absolute atomic E-state index is 6.31. The van der Waals surface area contributed by atoms with Crippen molar-refractivity contribution in [3.63, 3.8) is 0 Å². The summed E-state index contributed by atoms with van der Waals surface area (Å²) in [7, 11) is 3.72. The summed E-state index contributed by atoms with van der Waals surface area (Å²) in [6, 6.07) is 9.97. The van der Waals surface area contributed by atoms with E-state index in [0.717, 1.165) is 54.4 Å². The van der Waals surface area contributed by atoms with Crippen molar-refractivity contribution < 1.29 is 14.3 Å². The molecule has 2 heterocycles. The highest BCUT2D eigenvalue weighted by atomic mass is 16.7. The number of hydroxylamine groups is 2. The molecule has 0 bridgehead atoms. The average Bonchev–Trinajstić information content (AvgIpc) is 2.56. The van der Waals surface area contributed by atoms with Gasteiger partial charge in [0, 0.05) is 56.0 Å². The molecule has 5 nitrogen and oxygen atoms in total. The first-order valence-corrected chi connectivity index (χ1v) is 8.29. The molecule has 0 unspecified atom stereocenters. The Balaban J connectivity index is 1.95. The van der Waals surface area contributed by atoms with Crippen LogP contribution in [0.5, 0.6) is 11.5 Å². The van der Waals surface area contributed by atoms with Crippen molar-refractivity contribution in [2.24, 2.45) is 0 Å². The normalized spacial score (nSPS) is 15.5. The molecule has 0 amide bonds. The van der Waals surface area contributed by atoms with Crippen LogP contribution in [0.25, 0.3) is 11.1 Å². The van der Waals surface area contributed by atoms with Crippen LogP contribution in [0.2, 0.25) is 0 Å². The van der Waals surface area contributed by atoms with Crippen LogP contribution in [-0.2, 0) is 4.74 Å². The molecule has 0 atom stereocenters. The van der Waals surface area contributed by atoms with Crippen LogP contribution in [0.3, 0.4) is 0 Å². The molecule has 24 heavy (non-hydrogen) atoms. The van der Waals surface area contributed by atoms with Crippen LogP contribution in [0.15, 0.2) is 36.5 Å². The van der Waals surface area contributed by atoms with E-state index in [9.17, 15) is 0 Å². The van der Waals surface area contributed by atoms with Crippen molar-refractivity contribution in [3.8, 4) is 22.6 Å². The van der Waals surface area contributed by atoms with Crippen molar-refractivity contribution in [1.82, 2.24) is 10.0 Å². The molecule has 1 aliphatic rings. The molecule has 1 aromatic carbocycles. The Morgan fingerprint density at radius 3 is 2.62 bits per heavy atom. The fourth-order valence-corrected chi connectivity index (χ4v) is 2.83. The standard InChI is InChI=1S/C19H24N2O3/c1-14-17(5-4-10-20-14)18-7-6-16(24-21(2)3)13-19(18)23-15-8-11-22-12-9-15/h4-7,10,13,15H,8-9,11-12H2,1-3H3. The Kier molecular flexibility index (Phi) is 5.33. The predicted molar refractivity (Wildman–Crippen MR) is 93.2 cm³/mol. The second-order valence-corrected chi connectivity index (χ2v) is 6.13. The molecule has 0 N–H and O–H groups in total. The smallest absolute Gasteiger partial charge is 0.151 e. The van der Waals surface area contributed by atoms with Crippen LogP contribution in [0.1, 0.15) is 18.5 Å². The number of pyridine rings is 1. The van der Waals surface area contributed by atoms with Crippen molar-refractivity contribution >= 4 is 0 Å². The number of aromatic nitrogens is 1. The van der Waals surface area contributed by atoms with Crippen LogP contribution in [-0.4, -0.2) is 43.5 Å². The molecular weight excluding hydrogens is 304 g/mol. The molecule has 1 aromatic heterocycles. The zero-order valence-electron chi connectivity index (χ0n) is 14.5. The number of ether oxygens (including phenoxy) is 2. The van der Waals surface area contributed by atoms with E-state index in [-0.39, 0.29) is 6.10 Å². The number of benzene rings is 1. The third-order valence-electron chi connectivity index (χ3n) is 4.00. The monoisotopic (exact) mass is 328 g/mol. The van der Waals surface area contributed by atoms with Gasteiger partial charge in [-0.15, -0.1) is 0 Å². The zero-order valence-corrected chi connectivity index (χ0v) is 14.5. The number of hydrogen-bond acceptors (Lipinski definition) is 5. The van der Waals surface area contributed by atoms with Crippen LogP contribution in [0.4, 0.5) is 0 Å². The molecule has 0 radical (unpaired) electrons. The summed E-state index contributed by atoms with van der Waals surface area (Å²) in [6.07, 6.45) is 3.79. The molecule has 3 rings (SSSR count). The van der Waals surface area contributed by atoms with Crippen molar-refractivity contribution in [3.05, 3.63) is 42.2 Å². The number of nitrogens with zero attached hydrogens (tertiary/aromatic N) is 2. The van der Waals surface area contributed by atoms with E-state index in [0.29, 0.717) is 0 Å². The number of hydrogen-bond donors (Lipinski definition) is 0. The van der Waals surface area contributed by atoms with Gasteiger partial charge in [0.1, 0.15) is 11.9 Å². The van der Waals surface area contributed by atoms with E-state index in [1.54, 1.807) is 11.3 Å². The van der Waals surface area contributed by atoms with Crippen LogP contribution in [0, 0.1) is 6.92 Å². The van der Waals surface area contributed by atoms with E-state index in [1.807, 2.05) is 45.3 Å². The first-order chi connectivity index (χ1) is 11.6. The topological polar surface area (TPSA) is 43.8 Å². The van der Waals surface area contributed by atoms with Crippen molar-refractivity contribution in [2.45, 2.75) is 25.9 Å². The molecule has 128 valence electrons. The van der Waals surface area contributed by atoms with Gasteiger partial charge in [0.2, 0.25) is 0 Å². The average molecular weight is 328 g/mol. The molecule has 1 aliphatic heterocycles. The Morgan fingerprint density at radius 1 is 1.12 bits per heavy atom. The van der Waals surface area contributed by atoms with Gasteiger partial charge in [0.05, 0.1) is 13.2 Å². The van der Waals surface area contributed by atoms with Gasteiger partial charge in [-0.2, -0.15) is 5.06 Å². The molecule has 1 saturated heterocycles. The lowest BCUT2D eigenvalue weighted by atomic mass is 10.0. The molecule has 0 aliphatic carbocycles. The molecule has 0 saturated carbocycles. The summed E-state index contributed by atoms with van der Waals surface area (Å²) in [4.78, 5) is 10.1. The second kappa shape index (κ2) is 7.64. The van der Waals surface area contributed by atoms with Gasteiger partial charge in [-0.1, -0.05) is 6.07 Å². The Bertz CT molecular complexity index is 682. The van der Waals surface area contributed by atoms with Gasteiger partial charge in [0.25, 0.3) is 0 Å². The highest BCUT2D eigenvalue weighted by molar-refractivity contribution is 5.73. The zero-order chi connectivity index (χ0) is 16.9.